The number of benzene rings is 3. The van der Waals surface area contributed by atoms with Gasteiger partial charge in [0.15, 0.2) is 9.84 Å². The van der Waals surface area contributed by atoms with Crippen molar-refractivity contribution in [1.29, 1.82) is 0 Å². The van der Waals surface area contributed by atoms with E-state index in [0.29, 0.717) is 47.7 Å². The molecule has 2 aliphatic heterocycles. The van der Waals surface area contributed by atoms with E-state index in [-0.39, 0.29) is 17.4 Å². The Kier molecular flexibility index (Phi) is 9.21. The number of fused-ring (bicyclic) bond motifs is 1. The summed E-state index contributed by atoms with van der Waals surface area (Å²) < 4.78 is 55.1. The molecule has 0 atom stereocenters. The lowest BCUT2D eigenvalue weighted by molar-refractivity contribution is -0.192. The van der Waals surface area contributed by atoms with Crippen molar-refractivity contribution in [3.8, 4) is 0 Å². The van der Waals surface area contributed by atoms with Gasteiger partial charge in [-0.05, 0) is 35.4 Å². The maximum Gasteiger partial charge on any atom is 0.490 e. The van der Waals surface area contributed by atoms with Crippen molar-refractivity contribution in [3.63, 3.8) is 0 Å². The fraction of sp³-hybridized carbons (Fsp3) is 0.207. The number of carboxylic acid groups (broad SMARTS) is 1. The number of amides is 2. The van der Waals surface area contributed by atoms with E-state index < -0.39 is 27.9 Å². The molecule has 2 amide bonds. The highest BCUT2D eigenvalue weighted by Gasteiger charge is 2.38. The average molecular weight is 617 g/mol. The zero-order chi connectivity index (χ0) is 31.4. The third kappa shape index (κ3) is 7.99. The summed E-state index contributed by atoms with van der Waals surface area (Å²) >= 11 is 0. The van der Waals surface area contributed by atoms with Crippen LogP contribution in [-0.4, -0.2) is 67.0 Å². The summed E-state index contributed by atoms with van der Waals surface area (Å²) in [5, 5.41) is 13.4. The van der Waals surface area contributed by atoms with E-state index in [1.54, 1.807) is 18.2 Å². The van der Waals surface area contributed by atoms with E-state index in [9.17, 15) is 31.2 Å². The molecule has 2 heterocycles. The number of rotatable bonds is 6. The van der Waals surface area contributed by atoms with Crippen molar-refractivity contribution >= 4 is 50.3 Å². The number of sulfone groups is 1. The Labute approximate surface area is 244 Å². The molecule has 1 saturated heterocycles. The molecule has 14 heteroatoms. The van der Waals surface area contributed by atoms with Gasteiger partial charge in [0.2, 0.25) is 5.91 Å². The highest BCUT2D eigenvalue weighted by Crippen LogP contribution is 2.38. The van der Waals surface area contributed by atoms with Gasteiger partial charge in [0, 0.05) is 42.1 Å². The molecule has 0 radical (unpaired) electrons. The number of nitrogens with one attached hydrogen (secondary N) is 2. The number of hydrogen-bond acceptors (Lipinski definition) is 7. The first kappa shape index (κ1) is 31.3. The quantitative estimate of drug-likeness (QED) is 0.306. The summed E-state index contributed by atoms with van der Waals surface area (Å²) in [7, 11) is -2.91. The number of carbonyl (C=O) groups excluding carboxylic acids is 2. The van der Waals surface area contributed by atoms with Crippen LogP contribution in [0.4, 0.5) is 24.5 Å². The summed E-state index contributed by atoms with van der Waals surface area (Å²) in [6, 6.07) is 22.4. The fourth-order valence-electron chi connectivity index (χ4n) is 4.46. The van der Waals surface area contributed by atoms with Crippen LogP contribution in [0.1, 0.15) is 27.0 Å². The number of alkyl halides is 3. The molecular formula is C29H27F3N4O6S. The van der Waals surface area contributed by atoms with Crippen molar-refractivity contribution in [1.82, 2.24) is 4.90 Å². The highest BCUT2D eigenvalue weighted by atomic mass is 32.2. The minimum Gasteiger partial charge on any atom is -0.475 e. The van der Waals surface area contributed by atoms with Gasteiger partial charge in [-0.1, -0.05) is 48.5 Å². The van der Waals surface area contributed by atoms with E-state index >= 15 is 0 Å². The third-order valence-corrected chi connectivity index (χ3v) is 8.28. The number of aliphatic carboxylic acids is 1. The molecule has 5 rings (SSSR count). The number of nitrogens with zero attached hydrogens (tertiary/aromatic N) is 1. The van der Waals surface area contributed by atoms with Crippen LogP contribution in [-0.2, 0) is 26.0 Å². The van der Waals surface area contributed by atoms with E-state index in [1.807, 2.05) is 54.6 Å². The molecule has 1 fully saturated rings. The summed E-state index contributed by atoms with van der Waals surface area (Å²) in [4.78, 5) is 35.7. The Morgan fingerprint density at radius 1 is 0.953 bits per heavy atom. The van der Waals surface area contributed by atoms with E-state index in [4.69, 9.17) is 15.6 Å². The summed E-state index contributed by atoms with van der Waals surface area (Å²) in [6.07, 6.45) is -5.08. The van der Waals surface area contributed by atoms with Crippen molar-refractivity contribution in [2.75, 3.05) is 35.2 Å². The minimum absolute atomic E-state index is 0.200. The van der Waals surface area contributed by atoms with Crippen LogP contribution in [0.2, 0.25) is 0 Å². The zero-order valence-corrected chi connectivity index (χ0v) is 23.3. The van der Waals surface area contributed by atoms with Crippen LogP contribution in [0.25, 0.3) is 11.3 Å². The lowest BCUT2D eigenvalue weighted by atomic mass is 9.99. The average Bonchev–Trinajstić information content (AvgIpc) is 3.28. The van der Waals surface area contributed by atoms with E-state index in [0.717, 1.165) is 16.8 Å². The fourth-order valence-corrected chi connectivity index (χ4v) is 5.74. The van der Waals surface area contributed by atoms with Gasteiger partial charge >= 0.3 is 12.1 Å². The minimum atomic E-state index is -5.08. The smallest absolute Gasteiger partial charge is 0.475 e. The maximum atomic E-state index is 13.1. The molecule has 43 heavy (non-hydrogen) atoms. The molecule has 3 aromatic rings. The zero-order valence-electron chi connectivity index (χ0n) is 22.5. The third-order valence-electron chi connectivity index (χ3n) is 6.67. The number of halogens is 3. The van der Waals surface area contributed by atoms with Gasteiger partial charge in [-0.2, -0.15) is 13.2 Å². The molecule has 10 nitrogen and oxygen atoms in total. The van der Waals surface area contributed by atoms with E-state index in [1.165, 1.54) is 0 Å². The van der Waals surface area contributed by atoms with Gasteiger partial charge in [-0.25, -0.2) is 13.2 Å². The second-order valence-corrected chi connectivity index (χ2v) is 12.1. The van der Waals surface area contributed by atoms with E-state index in [2.05, 4.69) is 15.5 Å². The normalized spacial score (nSPS) is 17.1. The Balaban J connectivity index is 0.000000541. The van der Waals surface area contributed by atoms with Crippen LogP contribution in [0, 0.1) is 0 Å². The molecule has 0 unspecified atom stereocenters. The maximum absolute atomic E-state index is 13.1. The number of primary amides is 1. The van der Waals surface area contributed by atoms with Gasteiger partial charge in [-0.3, -0.25) is 14.5 Å². The van der Waals surface area contributed by atoms with Crippen LogP contribution in [0.15, 0.2) is 72.8 Å². The van der Waals surface area contributed by atoms with Gasteiger partial charge in [0.25, 0.3) is 5.91 Å². The predicted octanol–water partition coefficient (Wildman–Crippen LogP) is 3.58. The first-order valence-electron chi connectivity index (χ1n) is 12.9. The lowest BCUT2D eigenvalue weighted by Gasteiger charge is -2.26. The predicted molar refractivity (Wildman–Crippen MR) is 155 cm³/mol. The van der Waals surface area contributed by atoms with Gasteiger partial charge in [-0.15, -0.1) is 0 Å². The number of carbonyl (C=O) groups is 3. The summed E-state index contributed by atoms with van der Waals surface area (Å²) in [5.74, 6) is -3.18. The monoisotopic (exact) mass is 616 g/mol. The summed E-state index contributed by atoms with van der Waals surface area (Å²) in [5.41, 5.74) is 10.8. The Hall–Kier alpha value is -4.69. The molecule has 0 saturated carbocycles. The number of hydrogen-bond donors (Lipinski definition) is 4. The van der Waals surface area contributed by atoms with Crippen molar-refractivity contribution in [2.24, 2.45) is 5.73 Å². The number of anilines is 2. The van der Waals surface area contributed by atoms with Gasteiger partial charge in [0.1, 0.15) is 0 Å². The SMILES string of the molecule is NC(=O)c1ccc2c(c1)NC(=O)C2=C(Nc1ccc(CN2CCS(=O)(=O)CC2)cc1)c1ccccc1.O=C(O)C(F)(F)F. The van der Waals surface area contributed by atoms with Crippen LogP contribution >= 0.6 is 0 Å². The first-order chi connectivity index (χ1) is 20.2. The molecule has 2 aliphatic rings. The number of carboxylic acids is 1. The molecule has 0 bridgehead atoms. The highest BCUT2D eigenvalue weighted by molar-refractivity contribution is 7.91. The Morgan fingerprint density at radius 2 is 1.56 bits per heavy atom. The Bertz CT molecular complexity index is 1660. The largest absolute Gasteiger partial charge is 0.490 e. The first-order valence-corrected chi connectivity index (χ1v) is 14.7. The standard InChI is InChI=1S/C27H26N4O4S.C2HF3O2/c28-26(32)20-8-11-22-23(16-20)30-27(33)24(22)25(19-4-2-1-3-5-19)29-21-9-6-18(7-10-21)17-31-12-14-36(34,35)15-13-31;3-2(4,5)1(6)7/h1-11,16,29H,12-15,17H2,(H2,28,32)(H,30,33);(H,6,7). The van der Waals surface area contributed by atoms with Crippen LogP contribution < -0.4 is 16.4 Å². The summed E-state index contributed by atoms with van der Waals surface area (Å²) in [6.45, 7) is 1.76. The second-order valence-electron chi connectivity index (χ2n) is 9.75. The topological polar surface area (TPSA) is 159 Å². The molecule has 0 aliphatic carbocycles. The van der Waals surface area contributed by atoms with Crippen molar-refractivity contribution in [2.45, 2.75) is 12.7 Å². The Morgan fingerprint density at radius 3 is 2.12 bits per heavy atom. The molecule has 3 aromatic carbocycles. The molecular weight excluding hydrogens is 589 g/mol. The van der Waals surface area contributed by atoms with Crippen LogP contribution in [0.3, 0.4) is 0 Å². The van der Waals surface area contributed by atoms with Crippen molar-refractivity contribution in [3.05, 3.63) is 95.1 Å². The number of nitrogens with two attached hydrogens (primary N) is 1. The van der Waals surface area contributed by atoms with Crippen LogP contribution in [0.5, 0.6) is 0 Å². The van der Waals surface area contributed by atoms with Crippen molar-refractivity contribution < 1.29 is 41.1 Å². The molecule has 0 spiro atoms. The second kappa shape index (κ2) is 12.7. The molecule has 226 valence electrons. The van der Waals surface area contributed by atoms with Gasteiger partial charge < -0.3 is 21.5 Å². The van der Waals surface area contributed by atoms with Gasteiger partial charge in [0.05, 0.1) is 22.8 Å². The lowest BCUT2D eigenvalue weighted by Crippen LogP contribution is -2.39. The molecule has 0 aromatic heterocycles. The molecule has 5 N–H and O–H groups in total.